The molecule has 0 aliphatic heterocycles. The zero-order valence-electron chi connectivity index (χ0n) is 11.8. The van der Waals surface area contributed by atoms with Gasteiger partial charge in [-0.25, -0.2) is 0 Å². The Balaban J connectivity index is 2.68. The van der Waals surface area contributed by atoms with Crippen LogP contribution in [0.3, 0.4) is 0 Å². The third-order valence-corrected chi connectivity index (χ3v) is 6.39. The molecular formula is C16H14Br2ClIO. The van der Waals surface area contributed by atoms with Gasteiger partial charge in [0.1, 0.15) is 5.75 Å². The van der Waals surface area contributed by atoms with Crippen LogP contribution in [0.25, 0.3) is 0 Å². The first kappa shape index (κ1) is 17.6. The fourth-order valence-corrected chi connectivity index (χ4v) is 5.06. The van der Waals surface area contributed by atoms with E-state index in [1.165, 1.54) is 0 Å². The van der Waals surface area contributed by atoms with Crippen molar-refractivity contribution in [3.63, 3.8) is 0 Å². The van der Waals surface area contributed by atoms with E-state index < -0.39 is 0 Å². The molecule has 0 radical (unpaired) electrons. The molecule has 0 aliphatic rings. The predicted molar refractivity (Wildman–Crippen MR) is 105 cm³/mol. The van der Waals surface area contributed by atoms with Gasteiger partial charge in [-0.05, 0) is 77.4 Å². The average molecular weight is 544 g/mol. The lowest BCUT2D eigenvalue weighted by atomic mass is 9.97. The summed E-state index contributed by atoms with van der Waals surface area (Å²) in [6.45, 7) is 4.14. The number of aryl methyl sites for hydroxylation is 1. The molecule has 2 aromatic rings. The van der Waals surface area contributed by atoms with Crippen LogP contribution in [0.5, 0.6) is 5.75 Å². The van der Waals surface area contributed by atoms with Crippen molar-refractivity contribution < 1.29 is 4.74 Å². The molecule has 2 aromatic carbocycles. The number of hydrogen-bond acceptors (Lipinski definition) is 1. The van der Waals surface area contributed by atoms with Gasteiger partial charge in [0, 0.05) is 18.6 Å². The molecule has 0 saturated heterocycles. The minimum absolute atomic E-state index is 0.0225. The highest BCUT2D eigenvalue weighted by Crippen LogP contribution is 2.44. The second-order valence-corrected chi connectivity index (χ2v) is 8.14. The summed E-state index contributed by atoms with van der Waals surface area (Å²) < 4.78 is 7.88. The number of ether oxygens (including phenoxy) is 1. The van der Waals surface area contributed by atoms with Gasteiger partial charge in [-0.2, -0.15) is 0 Å². The van der Waals surface area contributed by atoms with Crippen molar-refractivity contribution in [3.8, 4) is 5.75 Å². The van der Waals surface area contributed by atoms with Gasteiger partial charge in [-0.3, -0.25) is 0 Å². The van der Waals surface area contributed by atoms with Crippen LogP contribution in [0.1, 0.15) is 27.1 Å². The van der Waals surface area contributed by atoms with Crippen LogP contribution >= 0.6 is 66.1 Å². The van der Waals surface area contributed by atoms with Crippen molar-refractivity contribution in [1.29, 1.82) is 0 Å². The van der Waals surface area contributed by atoms with E-state index in [2.05, 4.69) is 74.4 Å². The molecule has 0 aliphatic carbocycles. The molecule has 0 heterocycles. The number of methoxy groups -OCH3 is 1. The maximum atomic E-state index is 6.16. The van der Waals surface area contributed by atoms with E-state index >= 15 is 0 Å². The van der Waals surface area contributed by atoms with Gasteiger partial charge in [0.25, 0.3) is 0 Å². The van der Waals surface area contributed by atoms with Crippen molar-refractivity contribution in [3.05, 3.63) is 59.6 Å². The Bertz CT molecular complexity index is 688. The summed E-state index contributed by atoms with van der Waals surface area (Å²) in [5.74, 6) is 0.911. The zero-order valence-corrected chi connectivity index (χ0v) is 17.9. The summed E-state index contributed by atoms with van der Waals surface area (Å²) >= 11 is 15.9. The molecule has 2 rings (SSSR count). The SMILES string of the molecule is COc1c(C)cc(Br)c(C)c1C(Br)c1cc(Cl)ccc1I. The smallest absolute Gasteiger partial charge is 0.126 e. The molecule has 112 valence electrons. The number of benzene rings is 2. The lowest BCUT2D eigenvalue weighted by Gasteiger charge is -2.21. The Morgan fingerprint density at radius 3 is 2.52 bits per heavy atom. The molecule has 0 amide bonds. The van der Waals surface area contributed by atoms with Crippen molar-refractivity contribution >= 4 is 66.1 Å². The number of hydrogen-bond donors (Lipinski definition) is 0. The van der Waals surface area contributed by atoms with E-state index in [1.54, 1.807) is 7.11 Å². The summed E-state index contributed by atoms with van der Waals surface area (Å²) in [7, 11) is 1.71. The lowest BCUT2D eigenvalue weighted by molar-refractivity contribution is 0.406. The number of rotatable bonds is 3. The first-order valence-electron chi connectivity index (χ1n) is 6.29. The zero-order chi connectivity index (χ0) is 15.7. The fraction of sp³-hybridized carbons (Fsp3) is 0.250. The Hall–Kier alpha value is 0.220. The van der Waals surface area contributed by atoms with Crippen LogP contribution in [0, 0.1) is 17.4 Å². The van der Waals surface area contributed by atoms with Gasteiger partial charge in [0.15, 0.2) is 0 Å². The number of alkyl halides is 1. The highest BCUT2D eigenvalue weighted by Gasteiger charge is 2.23. The largest absolute Gasteiger partial charge is 0.496 e. The molecule has 0 N–H and O–H groups in total. The second kappa shape index (κ2) is 7.20. The molecule has 1 atom stereocenters. The summed E-state index contributed by atoms with van der Waals surface area (Å²) in [5, 5.41) is 0.734. The normalized spacial score (nSPS) is 12.3. The maximum absolute atomic E-state index is 6.16. The Morgan fingerprint density at radius 2 is 1.90 bits per heavy atom. The molecule has 1 nitrogen and oxygen atoms in total. The van der Waals surface area contributed by atoms with E-state index in [0.717, 1.165) is 41.1 Å². The quantitative estimate of drug-likeness (QED) is 0.305. The molecule has 0 saturated carbocycles. The molecular weight excluding hydrogens is 530 g/mol. The molecule has 0 spiro atoms. The van der Waals surface area contributed by atoms with E-state index in [9.17, 15) is 0 Å². The lowest BCUT2D eigenvalue weighted by Crippen LogP contribution is -2.04. The van der Waals surface area contributed by atoms with E-state index in [0.29, 0.717) is 0 Å². The van der Waals surface area contributed by atoms with Crippen LogP contribution in [0.4, 0.5) is 0 Å². The van der Waals surface area contributed by atoms with Crippen LogP contribution < -0.4 is 4.74 Å². The first-order chi connectivity index (χ1) is 9.86. The Morgan fingerprint density at radius 1 is 1.24 bits per heavy atom. The molecule has 1 unspecified atom stereocenters. The second-order valence-electron chi connectivity index (χ2n) is 4.78. The Kier molecular flexibility index (Phi) is 6.02. The Labute approximate surface area is 160 Å². The highest BCUT2D eigenvalue weighted by molar-refractivity contribution is 14.1. The predicted octanol–water partition coefficient (Wildman–Crippen LogP) is 6.82. The standard InChI is InChI=1S/C16H14Br2ClIO/c1-8-6-12(17)9(2)14(16(8)21-3)15(18)11-7-10(19)4-5-13(11)20/h4-7,15H,1-3H3. The highest BCUT2D eigenvalue weighted by atomic mass is 127. The first-order valence-corrected chi connectivity index (χ1v) is 9.46. The molecule has 0 fully saturated rings. The minimum Gasteiger partial charge on any atom is -0.496 e. The molecule has 5 heteroatoms. The van der Waals surface area contributed by atoms with Crippen molar-refractivity contribution in [1.82, 2.24) is 0 Å². The van der Waals surface area contributed by atoms with Gasteiger partial charge < -0.3 is 4.74 Å². The summed E-state index contributed by atoms with van der Waals surface area (Å²) in [4.78, 5) is 0.0225. The molecule has 0 aromatic heterocycles. The number of halogens is 4. The average Bonchev–Trinajstić information content (AvgIpc) is 2.44. The van der Waals surface area contributed by atoms with Crippen LogP contribution in [-0.2, 0) is 0 Å². The molecule has 0 bridgehead atoms. The summed E-state index contributed by atoms with van der Waals surface area (Å²) in [6, 6.07) is 8.01. The van der Waals surface area contributed by atoms with E-state index in [-0.39, 0.29) is 4.83 Å². The maximum Gasteiger partial charge on any atom is 0.126 e. The van der Waals surface area contributed by atoms with Gasteiger partial charge in [-0.1, -0.05) is 43.5 Å². The summed E-state index contributed by atoms with van der Waals surface area (Å²) in [6.07, 6.45) is 0. The van der Waals surface area contributed by atoms with E-state index in [1.807, 2.05) is 18.2 Å². The minimum atomic E-state index is 0.0225. The van der Waals surface area contributed by atoms with Crippen molar-refractivity contribution in [2.75, 3.05) is 7.11 Å². The van der Waals surface area contributed by atoms with E-state index in [4.69, 9.17) is 16.3 Å². The van der Waals surface area contributed by atoms with Gasteiger partial charge in [0.2, 0.25) is 0 Å². The van der Waals surface area contributed by atoms with Crippen molar-refractivity contribution in [2.45, 2.75) is 18.7 Å². The van der Waals surface area contributed by atoms with Gasteiger partial charge in [0.05, 0.1) is 11.9 Å². The topological polar surface area (TPSA) is 9.23 Å². The molecule has 21 heavy (non-hydrogen) atoms. The van der Waals surface area contributed by atoms with Gasteiger partial charge in [-0.15, -0.1) is 0 Å². The van der Waals surface area contributed by atoms with Gasteiger partial charge >= 0.3 is 0 Å². The third kappa shape index (κ3) is 3.59. The van der Waals surface area contributed by atoms with Crippen LogP contribution in [-0.4, -0.2) is 7.11 Å². The fourth-order valence-electron chi connectivity index (χ4n) is 2.32. The van der Waals surface area contributed by atoms with Crippen LogP contribution in [0.15, 0.2) is 28.7 Å². The monoisotopic (exact) mass is 542 g/mol. The van der Waals surface area contributed by atoms with Crippen molar-refractivity contribution in [2.24, 2.45) is 0 Å². The summed E-state index contributed by atoms with van der Waals surface area (Å²) in [5.41, 5.74) is 4.54. The third-order valence-electron chi connectivity index (χ3n) is 3.40. The van der Waals surface area contributed by atoms with Crippen LogP contribution in [0.2, 0.25) is 5.02 Å².